The van der Waals surface area contributed by atoms with Crippen molar-refractivity contribution in [3.05, 3.63) is 36.5 Å². The zero-order chi connectivity index (χ0) is 51.0. The lowest BCUT2D eigenvalue weighted by atomic mass is 9.98. The van der Waals surface area contributed by atoms with Crippen LogP contribution in [0.3, 0.4) is 0 Å². The van der Waals surface area contributed by atoms with Crippen molar-refractivity contribution in [2.45, 2.75) is 274 Å². The molecule has 2 saturated heterocycles. The molecule has 11 atom stereocenters. The Labute approximate surface area is 421 Å². The molecule has 0 spiro atoms. The number of rotatable bonds is 43. The summed E-state index contributed by atoms with van der Waals surface area (Å²) in [7, 11) is 0. The van der Waals surface area contributed by atoms with Gasteiger partial charge in [-0.2, -0.15) is 0 Å². The van der Waals surface area contributed by atoms with E-state index in [4.69, 9.17) is 28.4 Å². The SMILES string of the molecule is CCCCC/C=C\C/C=C\CCCCCCCCCC(=O)OC(COC(=O)CCCCCCCCC/C=C\CCCCCCCC)COC1OC(COC2OC(CO)C(O)C(O)C2O)C(O)C(O)C1O. The fraction of sp³-hybridized carbons (Fsp3) is 0.855. The quantitative estimate of drug-likeness (QED) is 0.0173. The molecule has 0 radical (unpaired) electrons. The number of carbonyl (C=O) groups is 2. The average Bonchev–Trinajstić information content (AvgIpc) is 3.35. The van der Waals surface area contributed by atoms with E-state index in [2.05, 4.69) is 50.3 Å². The lowest BCUT2D eigenvalue weighted by Gasteiger charge is -2.42. The van der Waals surface area contributed by atoms with Crippen LogP contribution in [0, 0.1) is 0 Å². The highest BCUT2D eigenvalue weighted by atomic mass is 16.7. The Hall–Kier alpha value is -2.28. The molecule has 15 nitrogen and oxygen atoms in total. The van der Waals surface area contributed by atoms with Gasteiger partial charge in [0.15, 0.2) is 18.7 Å². The Bertz CT molecular complexity index is 1360. The molecule has 0 bridgehead atoms. The fourth-order valence-electron chi connectivity index (χ4n) is 8.54. The van der Waals surface area contributed by atoms with Crippen molar-refractivity contribution in [2.24, 2.45) is 0 Å². The minimum absolute atomic E-state index is 0.156. The number of hydrogen-bond donors (Lipinski definition) is 7. The first-order valence-corrected chi connectivity index (χ1v) is 27.6. The molecule has 0 saturated carbocycles. The van der Waals surface area contributed by atoms with Crippen molar-refractivity contribution in [2.75, 3.05) is 26.4 Å². The van der Waals surface area contributed by atoms with Crippen LogP contribution >= 0.6 is 0 Å². The molecule has 0 aromatic heterocycles. The highest BCUT2D eigenvalue weighted by molar-refractivity contribution is 5.70. The van der Waals surface area contributed by atoms with Gasteiger partial charge in [-0.25, -0.2) is 0 Å². The monoisotopic (exact) mass is 999 g/mol. The van der Waals surface area contributed by atoms with E-state index in [0.717, 1.165) is 77.0 Å². The van der Waals surface area contributed by atoms with Crippen molar-refractivity contribution in [1.82, 2.24) is 0 Å². The molecule has 15 heteroatoms. The van der Waals surface area contributed by atoms with Gasteiger partial charge in [0.05, 0.1) is 19.8 Å². The van der Waals surface area contributed by atoms with Crippen molar-refractivity contribution in [1.29, 1.82) is 0 Å². The highest BCUT2D eigenvalue weighted by Crippen LogP contribution is 2.26. The van der Waals surface area contributed by atoms with Gasteiger partial charge in [-0.15, -0.1) is 0 Å². The molecule has 408 valence electrons. The maximum atomic E-state index is 13.0. The lowest BCUT2D eigenvalue weighted by molar-refractivity contribution is -0.332. The number of esters is 2. The summed E-state index contributed by atoms with van der Waals surface area (Å²) in [6.07, 6.45) is 28.7. The molecule has 2 fully saturated rings. The molecular formula is C55H98O15. The van der Waals surface area contributed by atoms with Crippen molar-refractivity contribution >= 4 is 11.9 Å². The number of ether oxygens (including phenoxy) is 6. The second-order valence-electron chi connectivity index (χ2n) is 19.4. The molecule has 0 aliphatic carbocycles. The summed E-state index contributed by atoms with van der Waals surface area (Å²) in [6, 6.07) is 0. The molecule has 0 amide bonds. The van der Waals surface area contributed by atoms with Gasteiger partial charge in [0, 0.05) is 12.8 Å². The highest BCUT2D eigenvalue weighted by Gasteiger charge is 2.47. The number of aliphatic hydroxyl groups is 7. The summed E-state index contributed by atoms with van der Waals surface area (Å²) in [6.45, 7) is 2.57. The van der Waals surface area contributed by atoms with Gasteiger partial charge in [0.1, 0.15) is 55.4 Å². The molecule has 2 heterocycles. The second kappa shape index (κ2) is 42.1. The number of hydrogen-bond acceptors (Lipinski definition) is 15. The molecule has 0 aromatic rings. The van der Waals surface area contributed by atoms with E-state index in [-0.39, 0.29) is 26.1 Å². The maximum absolute atomic E-state index is 13.0. The van der Waals surface area contributed by atoms with Gasteiger partial charge in [0.2, 0.25) is 0 Å². The fourth-order valence-corrected chi connectivity index (χ4v) is 8.54. The van der Waals surface area contributed by atoms with Gasteiger partial charge in [-0.05, 0) is 70.6 Å². The van der Waals surface area contributed by atoms with Crippen LogP contribution in [-0.2, 0) is 38.0 Å². The third kappa shape index (κ3) is 29.4. The summed E-state index contributed by atoms with van der Waals surface area (Å²) in [5.74, 6) is -0.934. The van der Waals surface area contributed by atoms with Crippen LogP contribution < -0.4 is 0 Å². The smallest absolute Gasteiger partial charge is 0.306 e. The number of aliphatic hydroxyl groups excluding tert-OH is 7. The topological polar surface area (TPSA) is 231 Å². The third-order valence-electron chi connectivity index (χ3n) is 13.1. The summed E-state index contributed by atoms with van der Waals surface area (Å²) in [4.78, 5) is 25.8. The Morgan fingerprint density at radius 2 is 0.857 bits per heavy atom. The maximum Gasteiger partial charge on any atom is 0.306 e. The minimum Gasteiger partial charge on any atom is -0.462 e. The van der Waals surface area contributed by atoms with Gasteiger partial charge in [-0.3, -0.25) is 9.59 Å². The van der Waals surface area contributed by atoms with E-state index in [9.17, 15) is 45.3 Å². The van der Waals surface area contributed by atoms with Crippen LogP contribution in [0.2, 0.25) is 0 Å². The van der Waals surface area contributed by atoms with E-state index < -0.39 is 92.7 Å². The zero-order valence-corrected chi connectivity index (χ0v) is 43.3. The van der Waals surface area contributed by atoms with Crippen LogP contribution in [0.15, 0.2) is 36.5 Å². The average molecular weight is 999 g/mol. The second-order valence-corrected chi connectivity index (χ2v) is 19.4. The largest absolute Gasteiger partial charge is 0.462 e. The molecule has 7 N–H and O–H groups in total. The normalized spacial score (nSPS) is 25.6. The summed E-state index contributed by atoms with van der Waals surface area (Å²) in [5.41, 5.74) is 0. The van der Waals surface area contributed by atoms with E-state index in [1.807, 2.05) is 0 Å². The molecule has 11 unspecified atom stereocenters. The van der Waals surface area contributed by atoms with Crippen molar-refractivity contribution < 1.29 is 73.8 Å². The minimum atomic E-state index is -1.77. The van der Waals surface area contributed by atoms with E-state index >= 15 is 0 Å². The number of unbranched alkanes of at least 4 members (excludes halogenated alkanes) is 23. The predicted octanol–water partition coefficient (Wildman–Crippen LogP) is 8.49. The van der Waals surface area contributed by atoms with Crippen LogP contribution in [-0.4, -0.2) is 142 Å². The molecule has 2 rings (SSSR count). The first-order valence-electron chi connectivity index (χ1n) is 27.6. The molecule has 0 aromatic carbocycles. The Morgan fingerprint density at radius 3 is 1.37 bits per heavy atom. The van der Waals surface area contributed by atoms with Crippen LogP contribution in [0.25, 0.3) is 0 Å². The van der Waals surface area contributed by atoms with Gasteiger partial charge < -0.3 is 64.2 Å². The standard InChI is InChI=1S/C55H98O15/c1-3-5-7-9-11-13-15-17-19-21-23-25-27-29-31-33-35-37-46(57)65-40-43(68-47(58)38-36-34-32-30-28-26-24-22-20-18-16-14-12-10-8-6-4-2)41-66-54-53(64)51(62)49(60)45(70-54)42-67-55-52(63)50(61)48(59)44(39-56)69-55/h12,14,17-20,43-45,48-56,59-64H,3-11,13,15-16,21-42H2,1-2H3/b14-12-,19-17-,20-18-. The van der Waals surface area contributed by atoms with Gasteiger partial charge >= 0.3 is 11.9 Å². The number of carbonyl (C=O) groups excluding carboxylic acids is 2. The zero-order valence-electron chi connectivity index (χ0n) is 43.3. The van der Waals surface area contributed by atoms with E-state index in [1.54, 1.807) is 0 Å². The van der Waals surface area contributed by atoms with Crippen molar-refractivity contribution in [3.8, 4) is 0 Å². The first-order chi connectivity index (χ1) is 34.0. The van der Waals surface area contributed by atoms with Crippen molar-refractivity contribution in [3.63, 3.8) is 0 Å². The Morgan fingerprint density at radius 1 is 0.457 bits per heavy atom. The summed E-state index contributed by atoms with van der Waals surface area (Å²) < 4.78 is 33.6. The predicted molar refractivity (Wildman–Crippen MR) is 270 cm³/mol. The first kappa shape index (κ1) is 63.8. The van der Waals surface area contributed by atoms with Gasteiger partial charge in [-0.1, -0.05) is 159 Å². The molecule has 2 aliphatic rings. The molecule has 2 aliphatic heterocycles. The number of allylic oxidation sites excluding steroid dienone is 6. The lowest BCUT2D eigenvalue weighted by Crippen LogP contribution is -2.61. The molecule has 70 heavy (non-hydrogen) atoms. The van der Waals surface area contributed by atoms with E-state index in [0.29, 0.717) is 12.8 Å². The van der Waals surface area contributed by atoms with Gasteiger partial charge in [0.25, 0.3) is 0 Å². The summed E-state index contributed by atoms with van der Waals surface area (Å²) >= 11 is 0. The van der Waals surface area contributed by atoms with Crippen LogP contribution in [0.5, 0.6) is 0 Å². The Balaban J connectivity index is 1.79. The van der Waals surface area contributed by atoms with E-state index in [1.165, 1.54) is 89.9 Å². The third-order valence-corrected chi connectivity index (χ3v) is 13.1. The van der Waals surface area contributed by atoms with Crippen LogP contribution in [0.4, 0.5) is 0 Å². The summed E-state index contributed by atoms with van der Waals surface area (Å²) in [5, 5.41) is 72.2. The molecular weight excluding hydrogens is 901 g/mol. The Kier molecular flexibility index (Phi) is 38.4. The van der Waals surface area contributed by atoms with Crippen LogP contribution in [0.1, 0.15) is 206 Å².